The molecule has 0 radical (unpaired) electrons. The van der Waals surface area contributed by atoms with Crippen LogP contribution in [0.15, 0.2) is 6.20 Å². The van der Waals surface area contributed by atoms with E-state index < -0.39 is 18.8 Å². The number of carbonyl (C=O) groups excluding carboxylic acids is 1. The van der Waals surface area contributed by atoms with Crippen LogP contribution in [0.3, 0.4) is 0 Å². The van der Waals surface area contributed by atoms with Crippen LogP contribution in [0, 0.1) is 0 Å². The lowest BCUT2D eigenvalue weighted by atomic mass is 10.4. The maximum atomic E-state index is 11.7. The first-order chi connectivity index (χ1) is 6.81. The van der Waals surface area contributed by atoms with Gasteiger partial charge in [-0.1, -0.05) is 0 Å². The molecule has 0 saturated heterocycles. The van der Waals surface area contributed by atoms with Gasteiger partial charge in [0.05, 0.1) is 11.9 Å². The largest absolute Gasteiger partial charge is 0.451 e. The van der Waals surface area contributed by atoms with Gasteiger partial charge in [0.1, 0.15) is 0 Å². The van der Waals surface area contributed by atoms with E-state index in [4.69, 9.17) is 5.73 Å². The molecule has 8 heteroatoms. The monoisotopic (exact) mass is 223 g/mol. The predicted molar refractivity (Wildman–Crippen MR) is 44.0 cm³/mol. The number of rotatable bonds is 2. The highest BCUT2D eigenvalue weighted by Crippen LogP contribution is 2.17. The van der Waals surface area contributed by atoms with E-state index in [0.717, 1.165) is 10.9 Å². The first kappa shape index (κ1) is 11.3. The van der Waals surface area contributed by atoms with E-state index in [1.807, 2.05) is 0 Å². The van der Waals surface area contributed by atoms with Gasteiger partial charge in [-0.05, 0) is 0 Å². The fraction of sp³-hybridized carbons (Fsp3) is 0.429. The molecule has 1 aromatic rings. The Morgan fingerprint density at radius 3 is 2.67 bits per heavy atom. The molecule has 0 atom stereocenters. The Balaban J connectivity index is 2.70. The number of nitrogens with two attached hydrogens (primary N) is 1. The standard InChI is InChI=1S/C7H8F3N3O2/c1-13-5(4(11)2-12-13)6(14)15-3-7(8,9)10/h2H,3,11H2,1H3. The average molecular weight is 223 g/mol. The Morgan fingerprint density at radius 1 is 1.67 bits per heavy atom. The summed E-state index contributed by atoms with van der Waals surface area (Å²) in [5, 5.41) is 3.59. The molecule has 2 N–H and O–H groups in total. The van der Waals surface area contributed by atoms with E-state index >= 15 is 0 Å². The Labute approximate surface area is 82.6 Å². The van der Waals surface area contributed by atoms with Crippen LogP contribution in [0.5, 0.6) is 0 Å². The molecule has 0 aliphatic rings. The van der Waals surface area contributed by atoms with Gasteiger partial charge < -0.3 is 10.5 Å². The number of anilines is 1. The number of alkyl halides is 3. The number of nitrogens with zero attached hydrogens (tertiary/aromatic N) is 2. The zero-order valence-corrected chi connectivity index (χ0v) is 7.71. The fourth-order valence-corrected chi connectivity index (χ4v) is 0.920. The third-order valence-corrected chi connectivity index (χ3v) is 1.53. The third-order valence-electron chi connectivity index (χ3n) is 1.53. The molecule has 1 rings (SSSR count). The number of nitrogen functional groups attached to an aromatic ring is 1. The highest BCUT2D eigenvalue weighted by Gasteiger charge is 2.30. The Hall–Kier alpha value is -1.73. The smallest absolute Gasteiger partial charge is 0.422 e. The molecule has 0 aromatic carbocycles. The normalized spacial score (nSPS) is 11.5. The van der Waals surface area contributed by atoms with Crippen molar-refractivity contribution in [3.8, 4) is 0 Å². The summed E-state index contributed by atoms with van der Waals surface area (Å²) in [6.07, 6.45) is -3.40. The number of carbonyl (C=O) groups is 1. The first-order valence-electron chi connectivity index (χ1n) is 3.82. The molecule has 0 bridgehead atoms. The van der Waals surface area contributed by atoms with Crippen molar-refractivity contribution in [1.29, 1.82) is 0 Å². The lowest BCUT2D eigenvalue weighted by Crippen LogP contribution is -2.22. The SMILES string of the molecule is Cn1ncc(N)c1C(=O)OCC(F)(F)F. The van der Waals surface area contributed by atoms with E-state index in [0.29, 0.717) is 0 Å². The highest BCUT2D eigenvalue weighted by molar-refractivity contribution is 5.93. The van der Waals surface area contributed by atoms with Gasteiger partial charge in [0.15, 0.2) is 12.3 Å². The molecule has 0 aliphatic heterocycles. The highest BCUT2D eigenvalue weighted by atomic mass is 19.4. The first-order valence-corrected chi connectivity index (χ1v) is 3.82. The lowest BCUT2D eigenvalue weighted by Gasteiger charge is -2.08. The number of hydrogen-bond acceptors (Lipinski definition) is 4. The maximum absolute atomic E-state index is 11.7. The summed E-state index contributed by atoms with van der Waals surface area (Å²) in [6, 6.07) is 0. The Morgan fingerprint density at radius 2 is 2.27 bits per heavy atom. The second kappa shape index (κ2) is 3.79. The van der Waals surface area contributed by atoms with Crippen molar-refractivity contribution in [2.45, 2.75) is 6.18 Å². The van der Waals surface area contributed by atoms with E-state index in [1.165, 1.54) is 7.05 Å². The summed E-state index contributed by atoms with van der Waals surface area (Å²) >= 11 is 0. The molecular weight excluding hydrogens is 215 g/mol. The van der Waals surface area contributed by atoms with Crippen LogP contribution in [0.25, 0.3) is 0 Å². The van der Waals surface area contributed by atoms with Gasteiger partial charge >= 0.3 is 12.1 Å². The third kappa shape index (κ3) is 2.86. The van der Waals surface area contributed by atoms with Gasteiger partial charge in [-0.3, -0.25) is 4.68 Å². The summed E-state index contributed by atoms with van der Waals surface area (Å²) < 4.78 is 40.2. The summed E-state index contributed by atoms with van der Waals surface area (Å²) in [4.78, 5) is 11.1. The van der Waals surface area contributed by atoms with Crippen LogP contribution in [-0.2, 0) is 11.8 Å². The molecular formula is C7H8F3N3O2. The number of halogens is 3. The maximum Gasteiger partial charge on any atom is 0.422 e. The second-order valence-electron chi connectivity index (χ2n) is 2.76. The van der Waals surface area contributed by atoms with E-state index in [9.17, 15) is 18.0 Å². The second-order valence-corrected chi connectivity index (χ2v) is 2.76. The molecule has 15 heavy (non-hydrogen) atoms. The van der Waals surface area contributed by atoms with Crippen LogP contribution < -0.4 is 5.73 Å². The van der Waals surface area contributed by atoms with Crippen molar-refractivity contribution in [1.82, 2.24) is 9.78 Å². The predicted octanol–water partition coefficient (Wildman–Crippen LogP) is 0.721. The van der Waals surface area contributed by atoms with Crippen LogP contribution in [0.1, 0.15) is 10.5 Å². The number of hydrogen-bond donors (Lipinski definition) is 1. The van der Waals surface area contributed by atoms with Crippen molar-refractivity contribution in [2.24, 2.45) is 7.05 Å². The molecule has 84 valence electrons. The molecule has 0 fully saturated rings. The zero-order valence-electron chi connectivity index (χ0n) is 7.71. The molecule has 1 heterocycles. The summed E-state index contributed by atoms with van der Waals surface area (Å²) in [5.74, 6) is -1.15. The number of aromatic nitrogens is 2. The van der Waals surface area contributed by atoms with Crippen molar-refractivity contribution < 1.29 is 22.7 Å². The van der Waals surface area contributed by atoms with Crippen LogP contribution in [-0.4, -0.2) is 28.5 Å². The van der Waals surface area contributed by atoms with Crippen LogP contribution in [0.4, 0.5) is 18.9 Å². The number of esters is 1. The topological polar surface area (TPSA) is 70.1 Å². The van der Waals surface area contributed by atoms with Crippen molar-refractivity contribution in [2.75, 3.05) is 12.3 Å². The fourth-order valence-electron chi connectivity index (χ4n) is 0.920. The number of aryl methyl sites for hydroxylation is 1. The van der Waals surface area contributed by atoms with E-state index in [2.05, 4.69) is 9.84 Å². The van der Waals surface area contributed by atoms with Crippen LogP contribution in [0.2, 0.25) is 0 Å². The molecule has 0 spiro atoms. The minimum atomic E-state index is -4.55. The van der Waals surface area contributed by atoms with Gasteiger partial charge in [0, 0.05) is 7.05 Å². The molecule has 5 nitrogen and oxygen atoms in total. The lowest BCUT2D eigenvalue weighted by molar-refractivity contribution is -0.161. The molecule has 0 aliphatic carbocycles. The molecule has 0 saturated carbocycles. The Kier molecular flexibility index (Phi) is 2.87. The van der Waals surface area contributed by atoms with Crippen molar-refractivity contribution >= 4 is 11.7 Å². The van der Waals surface area contributed by atoms with Gasteiger partial charge in [-0.25, -0.2) is 4.79 Å². The summed E-state index contributed by atoms with van der Waals surface area (Å²) in [6.45, 7) is -1.64. The van der Waals surface area contributed by atoms with Gasteiger partial charge in [0.2, 0.25) is 0 Å². The van der Waals surface area contributed by atoms with Crippen molar-refractivity contribution in [3.05, 3.63) is 11.9 Å². The van der Waals surface area contributed by atoms with Crippen molar-refractivity contribution in [3.63, 3.8) is 0 Å². The van der Waals surface area contributed by atoms with Gasteiger partial charge in [-0.2, -0.15) is 18.3 Å². The quantitative estimate of drug-likeness (QED) is 0.750. The zero-order chi connectivity index (χ0) is 11.6. The van der Waals surface area contributed by atoms with Gasteiger partial charge in [0.25, 0.3) is 0 Å². The van der Waals surface area contributed by atoms with Crippen LogP contribution >= 0.6 is 0 Å². The average Bonchev–Trinajstić information content (AvgIpc) is 2.41. The summed E-state index contributed by atoms with van der Waals surface area (Å²) in [7, 11) is 1.38. The minimum absolute atomic E-state index is 0.0234. The van der Waals surface area contributed by atoms with Gasteiger partial charge in [-0.15, -0.1) is 0 Å². The number of ether oxygens (including phenoxy) is 1. The summed E-state index contributed by atoms with van der Waals surface area (Å²) in [5.41, 5.74) is 5.10. The molecule has 1 aromatic heterocycles. The Bertz CT molecular complexity index is 353. The molecule has 0 amide bonds. The minimum Gasteiger partial charge on any atom is -0.451 e. The van der Waals surface area contributed by atoms with E-state index in [1.54, 1.807) is 0 Å². The van der Waals surface area contributed by atoms with E-state index in [-0.39, 0.29) is 11.4 Å². The molecule has 0 unspecified atom stereocenters.